The Hall–Kier alpha value is -2.93. The molecule has 0 atom stereocenters. The molecule has 0 aliphatic carbocycles. The fourth-order valence-electron chi connectivity index (χ4n) is 2.09. The van der Waals surface area contributed by atoms with Crippen molar-refractivity contribution < 1.29 is 9.53 Å². The smallest absolute Gasteiger partial charge is 0.289 e. The summed E-state index contributed by atoms with van der Waals surface area (Å²) in [5.74, 6) is 0.428. The molecule has 0 aliphatic rings. The highest BCUT2D eigenvalue weighted by Crippen LogP contribution is 2.21. The average Bonchev–Trinajstić information content (AvgIpc) is 3.24. The number of hydrogen-bond donors (Lipinski definition) is 2. The minimum atomic E-state index is -0.341. The molecule has 2 N–H and O–H groups in total. The summed E-state index contributed by atoms with van der Waals surface area (Å²) in [5.41, 5.74) is 4.41. The summed E-state index contributed by atoms with van der Waals surface area (Å²) in [5, 5.41) is 10.8. The van der Waals surface area contributed by atoms with Crippen LogP contribution in [0.25, 0.3) is 11.3 Å². The lowest BCUT2D eigenvalue weighted by atomic mass is 10.1. The van der Waals surface area contributed by atoms with Crippen molar-refractivity contribution in [3.8, 4) is 17.0 Å². The van der Waals surface area contributed by atoms with E-state index < -0.39 is 0 Å². The molecule has 0 bridgehead atoms. The zero-order valence-electron chi connectivity index (χ0n) is 13.2. The molecular weight excluding hydrogens is 324 g/mol. The van der Waals surface area contributed by atoms with Gasteiger partial charge in [0.15, 0.2) is 0 Å². The van der Waals surface area contributed by atoms with Crippen LogP contribution in [0.2, 0.25) is 0 Å². The van der Waals surface area contributed by atoms with Crippen LogP contribution in [0, 0.1) is 6.92 Å². The van der Waals surface area contributed by atoms with Crippen LogP contribution in [0.4, 0.5) is 0 Å². The Morgan fingerprint density at radius 2 is 2.08 bits per heavy atom. The number of carbonyl (C=O) groups excluding carboxylic acids is 1. The number of hydrazone groups is 1. The van der Waals surface area contributed by atoms with Crippen LogP contribution >= 0.6 is 11.3 Å². The number of ether oxygens (including phenoxy) is 1. The summed E-state index contributed by atoms with van der Waals surface area (Å²) in [6, 6.07) is 13.1. The second kappa shape index (κ2) is 7.10. The summed E-state index contributed by atoms with van der Waals surface area (Å²) < 4.78 is 5.12. The normalized spacial score (nSPS) is 10.9. The Morgan fingerprint density at radius 3 is 2.75 bits per heavy atom. The first kappa shape index (κ1) is 15.9. The van der Waals surface area contributed by atoms with Gasteiger partial charge in [0.2, 0.25) is 0 Å². The molecule has 24 heavy (non-hydrogen) atoms. The van der Waals surface area contributed by atoms with Crippen molar-refractivity contribution >= 4 is 23.5 Å². The molecule has 0 aliphatic heterocycles. The van der Waals surface area contributed by atoms with E-state index in [1.54, 1.807) is 30.7 Å². The third-order valence-electron chi connectivity index (χ3n) is 3.33. The number of thiophene rings is 1. The Bertz CT molecular complexity index is 865. The predicted molar refractivity (Wildman–Crippen MR) is 94.7 cm³/mol. The van der Waals surface area contributed by atoms with E-state index in [4.69, 9.17) is 4.74 Å². The number of nitrogens with one attached hydrogen (secondary N) is 2. The van der Waals surface area contributed by atoms with Crippen molar-refractivity contribution in [2.24, 2.45) is 5.10 Å². The van der Waals surface area contributed by atoms with E-state index >= 15 is 0 Å². The molecule has 7 heteroatoms. The van der Waals surface area contributed by atoms with E-state index in [1.807, 2.05) is 43.3 Å². The van der Waals surface area contributed by atoms with Crippen molar-refractivity contribution in [1.82, 2.24) is 15.6 Å². The molecule has 2 aromatic heterocycles. The summed E-state index contributed by atoms with van der Waals surface area (Å²) >= 11 is 1.61. The highest BCUT2D eigenvalue weighted by molar-refractivity contribution is 7.13. The molecule has 0 radical (unpaired) electrons. The first-order valence-electron chi connectivity index (χ1n) is 7.25. The van der Waals surface area contributed by atoms with Gasteiger partial charge in [0, 0.05) is 15.3 Å². The van der Waals surface area contributed by atoms with Gasteiger partial charge >= 0.3 is 0 Å². The van der Waals surface area contributed by atoms with E-state index in [2.05, 4.69) is 20.7 Å². The highest BCUT2D eigenvalue weighted by atomic mass is 32.1. The number of amides is 1. The van der Waals surface area contributed by atoms with Gasteiger partial charge in [-0.2, -0.15) is 10.2 Å². The maximum Gasteiger partial charge on any atom is 0.289 e. The van der Waals surface area contributed by atoms with Gasteiger partial charge in [-0.25, -0.2) is 5.43 Å². The van der Waals surface area contributed by atoms with Crippen LogP contribution in [-0.2, 0) is 0 Å². The lowest BCUT2D eigenvalue weighted by molar-refractivity contribution is 0.0950. The van der Waals surface area contributed by atoms with Crippen molar-refractivity contribution in [2.75, 3.05) is 7.11 Å². The van der Waals surface area contributed by atoms with Crippen molar-refractivity contribution in [3.63, 3.8) is 0 Å². The van der Waals surface area contributed by atoms with Crippen LogP contribution < -0.4 is 10.2 Å². The van der Waals surface area contributed by atoms with Gasteiger partial charge in [-0.15, -0.1) is 11.3 Å². The van der Waals surface area contributed by atoms with Crippen LogP contribution in [0.3, 0.4) is 0 Å². The monoisotopic (exact) mass is 340 g/mol. The van der Waals surface area contributed by atoms with Gasteiger partial charge < -0.3 is 4.74 Å². The number of methoxy groups -OCH3 is 1. The molecule has 2 heterocycles. The molecule has 0 saturated carbocycles. The van der Waals surface area contributed by atoms with Crippen LogP contribution in [0.5, 0.6) is 5.75 Å². The number of aryl methyl sites for hydroxylation is 1. The molecular formula is C17H16N4O2S. The third-order valence-corrected chi connectivity index (χ3v) is 4.26. The van der Waals surface area contributed by atoms with Crippen molar-refractivity contribution in [2.45, 2.75) is 6.92 Å². The van der Waals surface area contributed by atoms with Crippen LogP contribution in [-0.4, -0.2) is 29.4 Å². The first-order valence-corrected chi connectivity index (χ1v) is 8.07. The number of nitrogens with zero attached hydrogens (tertiary/aromatic N) is 2. The summed E-state index contributed by atoms with van der Waals surface area (Å²) in [4.78, 5) is 14.3. The fraction of sp³-hybridized carbons (Fsp3) is 0.118. The minimum absolute atomic E-state index is 0.341. The quantitative estimate of drug-likeness (QED) is 0.553. The molecule has 6 nitrogen and oxygen atoms in total. The Morgan fingerprint density at radius 1 is 1.29 bits per heavy atom. The lowest BCUT2D eigenvalue weighted by Crippen LogP contribution is -2.17. The van der Waals surface area contributed by atoms with E-state index in [0.717, 1.165) is 16.2 Å². The predicted octanol–water partition coefficient (Wildman–Crippen LogP) is 3.22. The Labute approximate surface area is 143 Å². The number of benzene rings is 1. The van der Waals surface area contributed by atoms with Crippen molar-refractivity contribution in [3.05, 3.63) is 57.9 Å². The SMILES string of the molecule is COc1ccc(-c2cc(C(=O)N/N=C\c3ccc(C)s3)[nH]n2)cc1. The number of carbonyl (C=O) groups is 1. The van der Waals surface area contributed by atoms with E-state index in [-0.39, 0.29) is 5.91 Å². The number of aromatic nitrogens is 2. The lowest BCUT2D eigenvalue weighted by Gasteiger charge is -1.99. The number of rotatable bonds is 5. The van der Waals surface area contributed by atoms with Gasteiger partial charge in [-0.3, -0.25) is 9.89 Å². The molecule has 3 aromatic rings. The maximum absolute atomic E-state index is 12.1. The summed E-state index contributed by atoms with van der Waals surface area (Å²) in [7, 11) is 1.62. The molecule has 1 amide bonds. The van der Waals surface area contributed by atoms with Crippen LogP contribution in [0.1, 0.15) is 20.2 Å². The second-order valence-corrected chi connectivity index (χ2v) is 6.36. The van der Waals surface area contributed by atoms with Crippen molar-refractivity contribution in [1.29, 1.82) is 0 Å². The maximum atomic E-state index is 12.1. The molecule has 1 aromatic carbocycles. The largest absolute Gasteiger partial charge is 0.497 e. The average molecular weight is 340 g/mol. The third kappa shape index (κ3) is 3.69. The number of hydrogen-bond acceptors (Lipinski definition) is 5. The van der Waals surface area contributed by atoms with Crippen LogP contribution in [0.15, 0.2) is 47.6 Å². The minimum Gasteiger partial charge on any atom is -0.497 e. The first-order chi connectivity index (χ1) is 11.7. The second-order valence-electron chi connectivity index (χ2n) is 5.04. The zero-order chi connectivity index (χ0) is 16.9. The summed E-state index contributed by atoms with van der Waals surface area (Å²) in [6.07, 6.45) is 1.62. The van der Waals surface area contributed by atoms with Gasteiger partial charge in [-0.1, -0.05) is 0 Å². The molecule has 0 saturated heterocycles. The van der Waals surface area contributed by atoms with Gasteiger partial charge in [0.1, 0.15) is 11.4 Å². The Kier molecular flexibility index (Phi) is 4.72. The van der Waals surface area contributed by atoms with E-state index in [9.17, 15) is 4.79 Å². The van der Waals surface area contributed by atoms with Gasteiger partial charge in [0.25, 0.3) is 5.91 Å². The Balaban J connectivity index is 1.65. The number of aromatic amines is 1. The highest BCUT2D eigenvalue weighted by Gasteiger charge is 2.10. The fourth-order valence-corrected chi connectivity index (χ4v) is 2.83. The van der Waals surface area contributed by atoms with Gasteiger partial charge in [-0.05, 0) is 49.4 Å². The van der Waals surface area contributed by atoms with E-state index in [0.29, 0.717) is 11.4 Å². The van der Waals surface area contributed by atoms with Gasteiger partial charge in [0.05, 0.1) is 19.0 Å². The molecule has 0 fully saturated rings. The topological polar surface area (TPSA) is 79.4 Å². The molecule has 3 rings (SSSR count). The molecule has 0 unspecified atom stereocenters. The summed E-state index contributed by atoms with van der Waals surface area (Å²) in [6.45, 7) is 2.02. The molecule has 122 valence electrons. The van der Waals surface area contributed by atoms with E-state index in [1.165, 1.54) is 4.88 Å². The molecule has 0 spiro atoms. The zero-order valence-corrected chi connectivity index (χ0v) is 14.1. The number of H-pyrrole nitrogens is 1. The standard InChI is InChI=1S/C17H16N4O2S/c1-11-3-8-14(24-11)10-18-21-17(22)16-9-15(19-20-16)12-4-6-13(23-2)7-5-12/h3-10H,1-2H3,(H,19,20)(H,21,22)/b18-10-.